The minimum Gasteiger partial charge on any atom is -0.411 e. The lowest BCUT2D eigenvalue weighted by atomic mass is 10.1. The largest absolute Gasteiger partial charge is 0.411 e. The van der Waals surface area contributed by atoms with Gasteiger partial charge in [-0.3, -0.25) is 0 Å². The van der Waals surface area contributed by atoms with Gasteiger partial charge < -0.3 is 5.21 Å². The van der Waals surface area contributed by atoms with E-state index in [0.717, 1.165) is 5.56 Å². The highest BCUT2D eigenvalue weighted by atomic mass is 28.3. The van der Waals surface area contributed by atoms with Gasteiger partial charge in [-0.15, -0.1) is 0 Å². The first kappa shape index (κ1) is 11.0. The summed E-state index contributed by atoms with van der Waals surface area (Å²) in [6.07, 6.45) is 0. The van der Waals surface area contributed by atoms with E-state index in [-0.39, 0.29) is 0 Å². The lowest BCUT2D eigenvalue weighted by Crippen LogP contribution is -2.41. The van der Waals surface area contributed by atoms with Crippen LogP contribution in [0, 0.1) is 0 Å². The van der Waals surface area contributed by atoms with E-state index in [2.05, 4.69) is 30.9 Å². The smallest absolute Gasteiger partial charge is 0.0835 e. The van der Waals surface area contributed by atoms with Gasteiger partial charge in [0.2, 0.25) is 0 Å². The molecule has 0 heterocycles. The topological polar surface area (TPSA) is 32.6 Å². The number of rotatable bonds is 2. The van der Waals surface area contributed by atoms with E-state index in [1.54, 1.807) is 0 Å². The molecule has 1 rings (SSSR count). The zero-order valence-electron chi connectivity index (χ0n) is 9.20. The Bertz CT molecular complexity index is 353. The van der Waals surface area contributed by atoms with Crippen molar-refractivity contribution in [3.05, 3.63) is 29.8 Å². The van der Waals surface area contributed by atoms with Crippen LogP contribution in [0.5, 0.6) is 0 Å². The SMILES string of the molecule is C/C(=N/O)c1ccccc1[Si](C)(C)C. The normalized spacial score (nSPS) is 13.0. The summed E-state index contributed by atoms with van der Waals surface area (Å²) in [5.74, 6) is 0. The number of benzene rings is 1. The molecule has 2 nitrogen and oxygen atoms in total. The first-order valence-corrected chi connectivity index (χ1v) is 8.25. The van der Waals surface area contributed by atoms with Crippen molar-refractivity contribution in [2.45, 2.75) is 26.6 Å². The van der Waals surface area contributed by atoms with Crippen LogP contribution in [-0.4, -0.2) is 19.0 Å². The van der Waals surface area contributed by atoms with Crippen molar-refractivity contribution < 1.29 is 5.21 Å². The van der Waals surface area contributed by atoms with Crippen molar-refractivity contribution in [3.8, 4) is 0 Å². The molecule has 0 radical (unpaired) electrons. The summed E-state index contributed by atoms with van der Waals surface area (Å²) >= 11 is 0. The molecule has 0 amide bonds. The quantitative estimate of drug-likeness (QED) is 0.343. The summed E-state index contributed by atoms with van der Waals surface area (Å²) in [4.78, 5) is 0. The Kier molecular flexibility index (Phi) is 3.11. The Morgan fingerprint density at radius 2 is 1.79 bits per heavy atom. The fourth-order valence-electron chi connectivity index (χ4n) is 1.51. The van der Waals surface area contributed by atoms with E-state index in [0.29, 0.717) is 5.71 Å². The molecule has 0 aliphatic carbocycles. The lowest BCUT2D eigenvalue weighted by molar-refractivity contribution is 0.319. The minimum atomic E-state index is -1.35. The Balaban J connectivity index is 3.31. The van der Waals surface area contributed by atoms with E-state index < -0.39 is 8.07 Å². The van der Waals surface area contributed by atoms with E-state index in [1.807, 2.05) is 25.1 Å². The van der Waals surface area contributed by atoms with Crippen molar-refractivity contribution in [1.29, 1.82) is 0 Å². The Hall–Kier alpha value is -1.09. The van der Waals surface area contributed by atoms with Crippen LogP contribution < -0.4 is 5.19 Å². The summed E-state index contributed by atoms with van der Waals surface area (Å²) in [6, 6.07) is 8.17. The fourth-order valence-corrected chi connectivity index (χ4v) is 3.17. The second-order valence-electron chi connectivity index (χ2n) is 4.48. The summed E-state index contributed by atoms with van der Waals surface area (Å²) in [5, 5.41) is 13.4. The molecule has 1 aromatic carbocycles. The average molecular weight is 207 g/mol. The highest BCUT2D eigenvalue weighted by molar-refractivity contribution is 6.89. The molecule has 1 aromatic rings. The van der Waals surface area contributed by atoms with Crippen LogP contribution >= 0.6 is 0 Å². The minimum absolute atomic E-state index is 0.697. The van der Waals surface area contributed by atoms with Crippen molar-refractivity contribution in [3.63, 3.8) is 0 Å². The molecule has 0 atom stereocenters. The highest BCUT2D eigenvalue weighted by Crippen LogP contribution is 2.08. The van der Waals surface area contributed by atoms with Gasteiger partial charge in [0.25, 0.3) is 0 Å². The van der Waals surface area contributed by atoms with Gasteiger partial charge in [-0.05, 0) is 12.5 Å². The van der Waals surface area contributed by atoms with Gasteiger partial charge in [0.1, 0.15) is 0 Å². The molecule has 0 saturated carbocycles. The summed E-state index contributed by atoms with van der Waals surface area (Å²) in [6.45, 7) is 8.70. The molecule has 0 bridgehead atoms. The van der Waals surface area contributed by atoms with Crippen molar-refractivity contribution in [2.75, 3.05) is 0 Å². The molecule has 0 unspecified atom stereocenters. The number of hydrogen-bond acceptors (Lipinski definition) is 2. The van der Waals surface area contributed by atoms with Gasteiger partial charge in [-0.25, -0.2) is 0 Å². The maximum absolute atomic E-state index is 8.78. The molecule has 14 heavy (non-hydrogen) atoms. The van der Waals surface area contributed by atoms with Crippen LogP contribution in [-0.2, 0) is 0 Å². The van der Waals surface area contributed by atoms with Gasteiger partial charge in [-0.2, -0.15) is 0 Å². The van der Waals surface area contributed by atoms with Crippen LogP contribution in [0.15, 0.2) is 29.4 Å². The van der Waals surface area contributed by atoms with Crippen molar-refractivity contribution >= 4 is 19.0 Å². The fraction of sp³-hybridized carbons (Fsp3) is 0.364. The van der Waals surface area contributed by atoms with Crippen LogP contribution in [0.3, 0.4) is 0 Å². The Morgan fingerprint density at radius 3 is 2.29 bits per heavy atom. The Morgan fingerprint density at radius 1 is 1.21 bits per heavy atom. The van der Waals surface area contributed by atoms with Gasteiger partial charge >= 0.3 is 0 Å². The Labute approximate surface area is 86.3 Å². The molecule has 3 heteroatoms. The maximum Gasteiger partial charge on any atom is 0.0835 e. The average Bonchev–Trinajstić information content (AvgIpc) is 2.15. The third kappa shape index (κ3) is 2.23. The highest BCUT2D eigenvalue weighted by Gasteiger charge is 2.20. The molecule has 1 N–H and O–H groups in total. The second kappa shape index (κ2) is 3.96. The van der Waals surface area contributed by atoms with Crippen LogP contribution in [0.4, 0.5) is 0 Å². The predicted molar refractivity (Wildman–Crippen MR) is 63.4 cm³/mol. The van der Waals surface area contributed by atoms with Gasteiger partial charge in [0.15, 0.2) is 0 Å². The van der Waals surface area contributed by atoms with E-state index in [9.17, 15) is 0 Å². The molecular formula is C11H17NOSi. The summed E-state index contributed by atoms with van der Waals surface area (Å²) in [7, 11) is -1.35. The third-order valence-electron chi connectivity index (χ3n) is 2.27. The molecule has 0 fully saturated rings. The summed E-state index contributed by atoms with van der Waals surface area (Å²) in [5.41, 5.74) is 1.78. The molecule has 76 valence electrons. The first-order chi connectivity index (χ1) is 6.46. The molecule has 0 aliphatic rings. The molecule has 0 aromatic heterocycles. The molecule has 0 saturated heterocycles. The van der Waals surface area contributed by atoms with Gasteiger partial charge in [0.05, 0.1) is 13.8 Å². The first-order valence-electron chi connectivity index (χ1n) is 4.75. The van der Waals surface area contributed by atoms with Crippen molar-refractivity contribution in [1.82, 2.24) is 0 Å². The van der Waals surface area contributed by atoms with E-state index in [1.165, 1.54) is 5.19 Å². The lowest BCUT2D eigenvalue weighted by Gasteiger charge is -2.20. The van der Waals surface area contributed by atoms with Crippen LogP contribution in [0.25, 0.3) is 0 Å². The zero-order valence-corrected chi connectivity index (χ0v) is 10.2. The molecular weight excluding hydrogens is 190 g/mol. The van der Waals surface area contributed by atoms with E-state index >= 15 is 0 Å². The predicted octanol–water partition coefficient (Wildman–Crippen LogP) is 2.43. The maximum atomic E-state index is 8.78. The summed E-state index contributed by atoms with van der Waals surface area (Å²) < 4.78 is 0. The van der Waals surface area contributed by atoms with Crippen LogP contribution in [0.2, 0.25) is 19.6 Å². The number of nitrogens with zero attached hydrogens (tertiary/aromatic N) is 1. The monoisotopic (exact) mass is 207 g/mol. The number of oxime groups is 1. The number of hydrogen-bond donors (Lipinski definition) is 1. The molecule has 0 aliphatic heterocycles. The van der Waals surface area contributed by atoms with E-state index in [4.69, 9.17) is 5.21 Å². The van der Waals surface area contributed by atoms with Crippen molar-refractivity contribution in [2.24, 2.45) is 5.16 Å². The second-order valence-corrected chi connectivity index (χ2v) is 9.52. The van der Waals surface area contributed by atoms with Gasteiger partial charge in [0, 0.05) is 0 Å². The molecule has 0 spiro atoms. The standard InChI is InChI=1S/C11H17NOSi/c1-9(12-13)10-7-5-6-8-11(10)14(2,3)4/h5-8,13H,1-4H3/b12-9-. The zero-order chi connectivity index (χ0) is 10.8. The van der Waals surface area contributed by atoms with Crippen LogP contribution in [0.1, 0.15) is 12.5 Å². The third-order valence-corrected chi connectivity index (χ3v) is 4.33. The van der Waals surface area contributed by atoms with Gasteiger partial charge in [-0.1, -0.05) is 54.2 Å².